The first-order valence-corrected chi connectivity index (χ1v) is 5.35. The van der Waals surface area contributed by atoms with E-state index in [9.17, 15) is 9.18 Å². The van der Waals surface area contributed by atoms with Crippen LogP contribution < -0.4 is 0 Å². The lowest BCUT2D eigenvalue weighted by molar-refractivity contribution is 0.0697. The lowest BCUT2D eigenvalue weighted by atomic mass is 9.98. The average Bonchev–Trinajstić information content (AvgIpc) is 2.38. The Morgan fingerprint density at radius 1 is 1.11 bits per heavy atom. The monoisotopic (exact) mass is 246 g/mol. The summed E-state index contributed by atoms with van der Waals surface area (Å²) in [5.41, 5.74) is 1.69. The van der Waals surface area contributed by atoms with Gasteiger partial charge >= 0.3 is 5.97 Å². The maximum atomic E-state index is 13.2. The molecule has 2 aromatic rings. The highest BCUT2D eigenvalue weighted by Crippen LogP contribution is 2.25. The van der Waals surface area contributed by atoms with Crippen molar-refractivity contribution in [1.82, 2.24) is 0 Å². The molecular formula is C14H11FO3. The molecule has 0 aliphatic heterocycles. The molecule has 0 fully saturated rings. The number of carboxylic acid groups (broad SMARTS) is 1. The Kier molecular flexibility index (Phi) is 3.39. The van der Waals surface area contributed by atoms with Crippen LogP contribution in [-0.2, 0) is 6.61 Å². The van der Waals surface area contributed by atoms with Crippen molar-refractivity contribution in [3.63, 3.8) is 0 Å². The summed E-state index contributed by atoms with van der Waals surface area (Å²) in [6, 6.07) is 10.2. The molecule has 0 aromatic heterocycles. The van der Waals surface area contributed by atoms with E-state index in [0.717, 1.165) is 6.07 Å². The van der Waals surface area contributed by atoms with Gasteiger partial charge in [0.1, 0.15) is 5.82 Å². The minimum atomic E-state index is -1.10. The summed E-state index contributed by atoms with van der Waals surface area (Å²) in [5.74, 6) is -1.59. The number of hydrogen-bond acceptors (Lipinski definition) is 2. The van der Waals surface area contributed by atoms with Gasteiger partial charge in [-0.3, -0.25) is 0 Å². The average molecular weight is 246 g/mol. The zero-order valence-corrected chi connectivity index (χ0v) is 9.43. The number of aliphatic hydroxyl groups is 1. The molecule has 0 heterocycles. The highest BCUT2D eigenvalue weighted by atomic mass is 19.1. The van der Waals surface area contributed by atoms with Crippen LogP contribution in [0.25, 0.3) is 11.1 Å². The Labute approximate surface area is 103 Å². The van der Waals surface area contributed by atoms with Crippen LogP contribution in [0.3, 0.4) is 0 Å². The Morgan fingerprint density at radius 2 is 1.78 bits per heavy atom. The lowest BCUT2D eigenvalue weighted by Gasteiger charge is -2.07. The predicted molar refractivity (Wildman–Crippen MR) is 64.7 cm³/mol. The molecule has 0 aliphatic rings. The Morgan fingerprint density at radius 3 is 2.33 bits per heavy atom. The highest BCUT2D eigenvalue weighted by molar-refractivity contribution is 5.96. The number of carbonyl (C=O) groups is 1. The van der Waals surface area contributed by atoms with Crippen molar-refractivity contribution in [2.75, 3.05) is 0 Å². The number of halogens is 1. The summed E-state index contributed by atoms with van der Waals surface area (Å²) in [5, 5.41) is 18.0. The van der Waals surface area contributed by atoms with Crippen LogP contribution in [-0.4, -0.2) is 16.2 Å². The first-order valence-electron chi connectivity index (χ1n) is 5.35. The van der Waals surface area contributed by atoms with Gasteiger partial charge in [-0.05, 0) is 34.9 Å². The molecule has 92 valence electrons. The molecule has 2 rings (SSSR count). The maximum absolute atomic E-state index is 13.2. The topological polar surface area (TPSA) is 57.5 Å². The van der Waals surface area contributed by atoms with Crippen molar-refractivity contribution >= 4 is 5.97 Å². The standard InChI is InChI=1S/C14H11FO3/c15-11-5-6-12(14(17)18)13(7-11)10-3-1-9(8-16)2-4-10/h1-7,16H,8H2,(H,17,18). The summed E-state index contributed by atoms with van der Waals surface area (Å²) in [6.45, 7) is -0.0881. The first kappa shape index (κ1) is 12.3. The van der Waals surface area contributed by atoms with E-state index < -0.39 is 11.8 Å². The van der Waals surface area contributed by atoms with E-state index in [-0.39, 0.29) is 12.2 Å². The molecule has 0 saturated carbocycles. The second-order valence-corrected chi connectivity index (χ2v) is 3.85. The fourth-order valence-corrected chi connectivity index (χ4v) is 1.73. The van der Waals surface area contributed by atoms with Gasteiger partial charge in [-0.2, -0.15) is 0 Å². The Bertz CT molecular complexity index is 576. The molecule has 3 nitrogen and oxygen atoms in total. The minimum absolute atomic E-state index is 0.0492. The van der Waals surface area contributed by atoms with Gasteiger partial charge in [0, 0.05) is 0 Å². The summed E-state index contributed by atoms with van der Waals surface area (Å²) in [7, 11) is 0. The van der Waals surface area contributed by atoms with E-state index in [1.54, 1.807) is 24.3 Å². The third kappa shape index (κ3) is 2.38. The largest absolute Gasteiger partial charge is 0.478 e. The first-order chi connectivity index (χ1) is 8.61. The minimum Gasteiger partial charge on any atom is -0.478 e. The molecule has 0 saturated heterocycles. The van der Waals surface area contributed by atoms with Gasteiger partial charge in [0.2, 0.25) is 0 Å². The zero-order chi connectivity index (χ0) is 13.1. The normalized spacial score (nSPS) is 10.3. The summed E-state index contributed by atoms with van der Waals surface area (Å²) < 4.78 is 13.2. The quantitative estimate of drug-likeness (QED) is 0.875. The van der Waals surface area contributed by atoms with Gasteiger partial charge < -0.3 is 10.2 Å². The van der Waals surface area contributed by atoms with Gasteiger partial charge in [0.05, 0.1) is 12.2 Å². The molecule has 2 N–H and O–H groups in total. The lowest BCUT2D eigenvalue weighted by Crippen LogP contribution is -2.00. The summed E-state index contributed by atoms with van der Waals surface area (Å²) >= 11 is 0. The molecule has 4 heteroatoms. The maximum Gasteiger partial charge on any atom is 0.336 e. The molecular weight excluding hydrogens is 235 g/mol. The third-order valence-corrected chi connectivity index (χ3v) is 2.66. The number of rotatable bonds is 3. The second kappa shape index (κ2) is 4.98. The van der Waals surface area contributed by atoms with Crippen LogP contribution in [0.4, 0.5) is 4.39 Å². The van der Waals surface area contributed by atoms with E-state index in [1.165, 1.54) is 12.1 Å². The second-order valence-electron chi connectivity index (χ2n) is 3.85. The fourth-order valence-electron chi connectivity index (χ4n) is 1.73. The molecule has 0 unspecified atom stereocenters. The SMILES string of the molecule is O=C(O)c1ccc(F)cc1-c1ccc(CO)cc1. The van der Waals surface area contributed by atoms with E-state index in [2.05, 4.69) is 0 Å². The molecule has 0 atom stereocenters. The van der Waals surface area contributed by atoms with Gasteiger partial charge in [-0.25, -0.2) is 9.18 Å². The van der Waals surface area contributed by atoms with Crippen molar-refractivity contribution in [2.24, 2.45) is 0 Å². The van der Waals surface area contributed by atoms with Crippen molar-refractivity contribution in [1.29, 1.82) is 0 Å². The van der Waals surface area contributed by atoms with Crippen LogP contribution in [0.15, 0.2) is 42.5 Å². The number of aliphatic hydroxyl groups excluding tert-OH is 1. The Balaban J connectivity index is 2.54. The molecule has 0 radical (unpaired) electrons. The van der Waals surface area contributed by atoms with Gasteiger partial charge in [-0.1, -0.05) is 24.3 Å². The zero-order valence-electron chi connectivity index (χ0n) is 9.43. The number of aromatic carboxylic acids is 1. The van der Waals surface area contributed by atoms with Gasteiger partial charge in [0.25, 0.3) is 0 Å². The van der Waals surface area contributed by atoms with Crippen LogP contribution in [0.1, 0.15) is 15.9 Å². The third-order valence-electron chi connectivity index (χ3n) is 2.66. The van der Waals surface area contributed by atoms with Crippen LogP contribution in [0.5, 0.6) is 0 Å². The Hall–Kier alpha value is -2.20. The van der Waals surface area contributed by atoms with E-state index >= 15 is 0 Å². The number of carboxylic acids is 1. The van der Waals surface area contributed by atoms with E-state index in [0.29, 0.717) is 16.7 Å². The highest BCUT2D eigenvalue weighted by Gasteiger charge is 2.12. The van der Waals surface area contributed by atoms with Crippen LogP contribution >= 0.6 is 0 Å². The molecule has 0 spiro atoms. The number of hydrogen-bond donors (Lipinski definition) is 2. The smallest absolute Gasteiger partial charge is 0.336 e. The molecule has 0 bridgehead atoms. The van der Waals surface area contributed by atoms with Crippen LogP contribution in [0, 0.1) is 5.82 Å². The fraction of sp³-hybridized carbons (Fsp3) is 0.0714. The van der Waals surface area contributed by atoms with Crippen molar-refractivity contribution in [3.8, 4) is 11.1 Å². The molecule has 18 heavy (non-hydrogen) atoms. The van der Waals surface area contributed by atoms with E-state index in [4.69, 9.17) is 10.2 Å². The molecule has 2 aromatic carbocycles. The molecule has 0 amide bonds. The van der Waals surface area contributed by atoms with Gasteiger partial charge in [0.15, 0.2) is 0 Å². The van der Waals surface area contributed by atoms with Crippen molar-refractivity contribution < 1.29 is 19.4 Å². The van der Waals surface area contributed by atoms with E-state index in [1.807, 2.05) is 0 Å². The van der Waals surface area contributed by atoms with Crippen molar-refractivity contribution in [2.45, 2.75) is 6.61 Å². The number of benzene rings is 2. The summed E-state index contributed by atoms with van der Waals surface area (Å²) in [4.78, 5) is 11.1. The summed E-state index contributed by atoms with van der Waals surface area (Å²) in [6.07, 6.45) is 0. The molecule has 0 aliphatic carbocycles. The van der Waals surface area contributed by atoms with Gasteiger partial charge in [-0.15, -0.1) is 0 Å². The predicted octanol–water partition coefficient (Wildman–Crippen LogP) is 2.68. The van der Waals surface area contributed by atoms with Crippen LogP contribution in [0.2, 0.25) is 0 Å². The van der Waals surface area contributed by atoms with Crippen molar-refractivity contribution in [3.05, 3.63) is 59.4 Å².